The maximum Gasteiger partial charge on any atom is 0.405 e. The smallest absolute Gasteiger partial charge is 0.371 e. The number of likely N-dealkylation sites (tertiary alicyclic amines) is 1. The number of halogens is 4. The quantitative estimate of drug-likeness (QED) is 0.239. The van der Waals surface area contributed by atoms with Gasteiger partial charge in [-0.1, -0.05) is 23.7 Å². The fourth-order valence-electron chi connectivity index (χ4n) is 6.08. The van der Waals surface area contributed by atoms with E-state index in [1.807, 2.05) is 5.32 Å². The molecule has 0 amide bonds. The largest absolute Gasteiger partial charge is 0.405 e. The van der Waals surface area contributed by atoms with Gasteiger partial charge < -0.3 is 15.5 Å². The van der Waals surface area contributed by atoms with Gasteiger partial charge in [0.25, 0.3) is 10.9 Å². The molecule has 2 atom stereocenters. The van der Waals surface area contributed by atoms with Crippen molar-refractivity contribution in [1.29, 1.82) is 0 Å². The summed E-state index contributed by atoms with van der Waals surface area (Å²) in [6.45, 7) is 7.68. The Hall–Kier alpha value is -2.80. The van der Waals surface area contributed by atoms with Crippen molar-refractivity contribution in [1.82, 2.24) is 14.8 Å². The van der Waals surface area contributed by atoms with E-state index in [-0.39, 0.29) is 17.8 Å². The summed E-state index contributed by atoms with van der Waals surface area (Å²) < 4.78 is 37.8. The first kappa shape index (κ1) is 31.6. The average Bonchev–Trinajstić information content (AvgIpc) is 2.98. The molecule has 0 unspecified atom stereocenters. The zero-order valence-electron chi connectivity index (χ0n) is 24.4. The van der Waals surface area contributed by atoms with Gasteiger partial charge in [-0.2, -0.15) is 13.2 Å². The van der Waals surface area contributed by atoms with E-state index in [0.29, 0.717) is 22.6 Å². The van der Waals surface area contributed by atoms with Crippen LogP contribution < -0.4 is 26.4 Å². The van der Waals surface area contributed by atoms with E-state index in [9.17, 15) is 22.8 Å². The van der Waals surface area contributed by atoms with Crippen LogP contribution >= 0.6 is 23.4 Å². The summed E-state index contributed by atoms with van der Waals surface area (Å²) >= 11 is 8.39. The molecule has 2 saturated heterocycles. The van der Waals surface area contributed by atoms with E-state index in [4.69, 9.17) is 11.6 Å². The zero-order valence-corrected chi connectivity index (χ0v) is 26.0. The highest BCUT2D eigenvalue weighted by molar-refractivity contribution is 7.98. The number of rotatable bonds is 9. The predicted octanol–water partition coefficient (Wildman–Crippen LogP) is 5.33. The van der Waals surface area contributed by atoms with Crippen molar-refractivity contribution in [3.63, 3.8) is 0 Å². The molecular weight excluding hydrogens is 601 g/mol. The Balaban J connectivity index is 1.17. The maximum atomic E-state index is 12.6. The molecule has 0 radical (unpaired) electrons. The SMILES string of the molecule is CSc1ccc(CN2CCC(N3C[C@H](C)N(c4ncc(Nc5c(NCC(F)(F)F)c(=O)c5=O)cc4Cl)C[C@H]3C)CC2)cc1. The molecule has 43 heavy (non-hydrogen) atoms. The molecule has 8 nitrogen and oxygen atoms in total. The summed E-state index contributed by atoms with van der Waals surface area (Å²) in [7, 11) is 0. The molecule has 2 fully saturated rings. The molecule has 232 valence electrons. The summed E-state index contributed by atoms with van der Waals surface area (Å²) in [6, 6.07) is 11.3. The van der Waals surface area contributed by atoms with E-state index >= 15 is 0 Å². The van der Waals surface area contributed by atoms with Gasteiger partial charge in [0, 0.05) is 42.7 Å². The van der Waals surface area contributed by atoms with E-state index in [1.165, 1.54) is 16.7 Å². The number of aromatic nitrogens is 1. The lowest BCUT2D eigenvalue weighted by Crippen LogP contribution is -2.61. The Kier molecular flexibility index (Phi) is 9.60. The van der Waals surface area contributed by atoms with Crippen molar-refractivity contribution in [2.45, 2.75) is 62.4 Å². The highest BCUT2D eigenvalue weighted by atomic mass is 35.5. The van der Waals surface area contributed by atoms with Gasteiger partial charge >= 0.3 is 6.18 Å². The second-order valence-electron chi connectivity index (χ2n) is 11.4. The summed E-state index contributed by atoms with van der Waals surface area (Å²) in [6.07, 6.45) is 1.28. The normalized spacial score (nSPS) is 21.0. The van der Waals surface area contributed by atoms with Crippen LogP contribution in [0.2, 0.25) is 5.02 Å². The second kappa shape index (κ2) is 13.1. The van der Waals surface area contributed by atoms with Crippen LogP contribution in [0.15, 0.2) is 51.0 Å². The molecule has 2 N–H and O–H groups in total. The highest BCUT2D eigenvalue weighted by Gasteiger charge is 2.36. The molecular formula is C30H36ClF3N6O2S. The minimum Gasteiger partial charge on any atom is -0.371 e. The van der Waals surface area contributed by atoms with Crippen LogP contribution in [-0.4, -0.2) is 78.1 Å². The number of piperidine rings is 1. The molecule has 0 aliphatic carbocycles. The molecule has 5 rings (SSSR count). The number of hydrogen-bond acceptors (Lipinski definition) is 9. The number of pyridine rings is 1. The van der Waals surface area contributed by atoms with Crippen LogP contribution in [0, 0.1) is 0 Å². The zero-order chi connectivity index (χ0) is 30.9. The summed E-state index contributed by atoms with van der Waals surface area (Å²) in [5, 5.41) is 5.06. The fraction of sp³-hybridized carbons (Fsp3) is 0.500. The van der Waals surface area contributed by atoms with E-state index in [1.54, 1.807) is 17.8 Å². The summed E-state index contributed by atoms with van der Waals surface area (Å²) in [5.41, 5.74) is -0.844. The predicted molar refractivity (Wildman–Crippen MR) is 168 cm³/mol. The van der Waals surface area contributed by atoms with Crippen molar-refractivity contribution >= 4 is 46.2 Å². The van der Waals surface area contributed by atoms with Crippen molar-refractivity contribution in [2.24, 2.45) is 0 Å². The number of alkyl halides is 3. The van der Waals surface area contributed by atoms with Crippen molar-refractivity contribution < 1.29 is 13.2 Å². The molecule has 2 aliphatic heterocycles. The van der Waals surface area contributed by atoms with E-state index < -0.39 is 29.3 Å². The lowest BCUT2D eigenvalue weighted by Gasteiger charge is -2.49. The Morgan fingerprint density at radius 2 is 1.70 bits per heavy atom. The van der Waals surface area contributed by atoms with Gasteiger partial charge in [-0.15, -0.1) is 11.8 Å². The number of anilines is 4. The Morgan fingerprint density at radius 3 is 2.33 bits per heavy atom. The number of piperazine rings is 1. The van der Waals surface area contributed by atoms with Gasteiger partial charge in [0.15, 0.2) is 0 Å². The molecule has 3 aromatic rings. The number of nitrogens with zero attached hydrogens (tertiary/aromatic N) is 4. The van der Waals surface area contributed by atoms with Crippen LogP contribution in [0.4, 0.5) is 36.1 Å². The lowest BCUT2D eigenvalue weighted by molar-refractivity contribution is -0.115. The fourth-order valence-corrected chi connectivity index (χ4v) is 6.76. The van der Waals surface area contributed by atoms with Gasteiger partial charge in [-0.25, -0.2) is 4.98 Å². The highest BCUT2D eigenvalue weighted by Crippen LogP contribution is 2.33. The van der Waals surface area contributed by atoms with Crippen molar-refractivity contribution in [2.75, 3.05) is 54.5 Å². The minimum absolute atomic E-state index is 0.152. The summed E-state index contributed by atoms with van der Waals surface area (Å²) in [5.74, 6) is 0.605. The molecule has 0 saturated carbocycles. The lowest BCUT2D eigenvalue weighted by atomic mass is 9.97. The molecule has 0 spiro atoms. The maximum absolute atomic E-state index is 12.6. The first-order valence-electron chi connectivity index (χ1n) is 14.4. The molecule has 3 heterocycles. The standard InChI is InChI=1S/C30H36ClF3N6O2S/c1-18-15-40(19(2)14-39(18)22-8-10-38(11-9-22)16-20-4-6-23(43-3)7-5-20)29-24(31)12-21(13-35-29)37-26-25(27(41)28(26)42)36-17-30(32,33)34/h4-7,12-13,18-19,22,36-37H,8-11,14-17H2,1-3H3/t18-,19+/m1/s1. The van der Waals surface area contributed by atoms with Crippen molar-refractivity contribution in [3.05, 3.63) is 67.6 Å². The number of thioether (sulfide) groups is 1. The molecule has 13 heteroatoms. The molecule has 2 aromatic carbocycles. The third kappa shape index (κ3) is 7.30. The van der Waals surface area contributed by atoms with Crippen LogP contribution in [0.3, 0.4) is 0 Å². The number of nitrogens with one attached hydrogen (secondary N) is 2. The first-order valence-corrected chi connectivity index (χ1v) is 16.0. The Morgan fingerprint density at radius 1 is 1.02 bits per heavy atom. The van der Waals surface area contributed by atoms with Crippen LogP contribution in [0.25, 0.3) is 0 Å². The van der Waals surface area contributed by atoms with Gasteiger partial charge in [0.05, 0.1) is 16.9 Å². The average molecular weight is 637 g/mol. The van der Waals surface area contributed by atoms with Crippen molar-refractivity contribution in [3.8, 4) is 0 Å². The number of benzene rings is 1. The topological polar surface area (TPSA) is 80.8 Å². The van der Waals surface area contributed by atoms with Crippen LogP contribution in [0.5, 0.6) is 0 Å². The van der Waals surface area contributed by atoms with Gasteiger partial charge in [0.1, 0.15) is 23.7 Å². The monoisotopic (exact) mass is 636 g/mol. The van der Waals surface area contributed by atoms with Crippen LogP contribution in [-0.2, 0) is 6.54 Å². The summed E-state index contributed by atoms with van der Waals surface area (Å²) in [4.78, 5) is 36.9. The van der Waals surface area contributed by atoms with E-state index in [2.05, 4.69) is 69.4 Å². The third-order valence-electron chi connectivity index (χ3n) is 8.36. The molecule has 0 bridgehead atoms. The minimum atomic E-state index is -4.53. The van der Waals surface area contributed by atoms with Crippen LogP contribution in [0.1, 0.15) is 32.3 Å². The molecule has 2 aliphatic rings. The Labute approximate surface area is 258 Å². The first-order chi connectivity index (χ1) is 20.4. The van der Waals surface area contributed by atoms with Gasteiger partial charge in [0.2, 0.25) is 0 Å². The van der Waals surface area contributed by atoms with Gasteiger partial charge in [-0.3, -0.25) is 19.4 Å². The number of hydrogen-bond donors (Lipinski definition) is 2. The third-order valence-corrected chi connectivity index (χ3v) is 9.39. The second-order valence-corrected chi connectivity index (χ2v) is 12.7. The van der Waals surface area contributed by atoms with E-state index in [0.717, 1.165) is 45.6 Å². The molecule has 1 aromatic heterocycles. The Bertz CT molecular complexity index is 1490. The van der Waals surface area contributed by atoms with Gasteiger partial charge in [-0.05, 0) is 69.8 Å².